The number of rotatable bonds is 11. The Morgan fingerprint density at radius 3 is 2.65 bits per heavy atom. The van der Waals surface area contributed by atoms with E-state index in [9.17, 15) is 18.0 Å². The fraction of sp³-hybridized carbons (Fsp3) is 0.435. The van der Waals surface area contributed by atoms with Crippen molar-refractivity contribution in [2.45, 2.75) is 50.1 Å². The predicted molar refractivity (Wildman–Crippen MR) is 131 cm³/mol. The number of sulfonamides is 1. The molecule has 1 saturated heterocycles. The van der Waals surface area contributed by atoms with Crippen molar-refractivity contribution in [2.24, 2.45) is 16.9 Å². The highest BCUT2D eigenvalue weighted by molar-refractivity contribution is 7.89. The van der Waals surface area contributed by atoms with Crippen LogP contribution in [0.3, 0.4) is 0 Å². The molecule has 1 aromatic carbocycles. The van der Waals surface area contributed by atoms with E-state index < -0.39 is 22.1 Å². The minimum absolute atomic E-state index is 0.0445. The lowest BCUT2D eigenvalue weighted by atomic mass is 10.0. The van der Waals surface area contributed by atoms with Crippen LogP contribution in [0.1, 0.15) is 33.1 Å². The molecule has 4 N–H and O–H groups in total. The number of nitrogens with zero attached hydrogens (tertiary/aromatic N) is 3. The summed E-state index contributed by atoms with van der Waals surface area (Å²) in [5, 5.41) is 6.50. The molecule has 2 heterocycles. The fourth-order valence-electron chi connectivity index (χ4n) is 4.06. The molecule has 1 aliphatic rings. The van der Waals surface area contributed by atoms with Gasteiger partial charge in [0.2, 0.25) is 15.9 Å². The number of hydrazone groups is 1. The number of ketones is 1. The second kappa shape index (κ2) is 11.3. The average Bonchev–Trinajstić information content (AvgIpc) is 3.47. The summed E-state index contributed by atoms with van der Waals surface area (Å²) in [4.78, 5) is 28.0. The largest absolute Gasteiger partial charge is 0.377 e. The van der Waals surface area contributed by atoms with Crippen molar-refractivity contribution in [1.82, 2.24) is 14.2 Å². The van der Waals surface area contributed by atoms with E-state index in [0.29, 0.717) is 25.8 Å². The zero-order valence-corrected chi connectivity index (χ0v) is 20.2. The summed E-state index contributed by atoms with van der Waals surface area (Å²) >= 11 is 0. The highest BCUT2D eigenvalue weighted by Crippen LogP contribution is 2.22. The summed E-state index contributed by atoms with van der Waals surface area (Å²) in [7, 11) is -3.88. The molecule has 0 radical (unpaired) electrons. The van der Waals surface area contributed by atoms with Crippen molar-refractivity contribution >= 4 is 33.7 Å². The SMILES string of the molecule is CC(C)C[C@@H](NS(=O)(=O)c1ccccc1)C(=O)N1CCC[C@H]1C(=O)CNc1ccn(C=NN)c1. The van der Waals surface area contributed by atoms with E-state index in [1.165, 1.54) is 23.4 Å². The molecular formula is C23H32N6O4S. The predicted octanol–water partition coefficient (Wildman–Crippen LogP) is 1.60. The van der Waals surface area contributed by atoms with Crippen molar-refractivity contribution in [3.8, 4) is 0 Å². The molecule has 0 unspecified atom stereocenters. The molecular weight excluding hydrogens is 456 g/mol. The highest BCUT2D eigenvalue weighted by Gasteiger charge is 2.38. The van der Waals surface area contributed by atoms with E-state index in [1.54, 1.807) is 41.2 Å². The summed E-state index contributed by atoms with van der Waals surface area (Å²) in [6.45, 7) is 4.31. The zero-order chi connectivity index (χ0) is 24.7. The molecule has 34 heavy (non-hydrogen) atoms. The molecule has 11 heteroatoms. The minimum Gasteiger partial charge on any atom is -0.377 e. The van der Waals surface area contributed by atoms with Gasteiger partial charge in [-0.2, -0.15) is 9.82 Å². The molecule has 1 amide bonds. The van der Waals surface area contributed by atoms with E-state index >= 15 is 0 Å². The maximum atomic E-state index is 13.5. The molecule has 0 bridgehead atoms. The Morgan fingerprint density at radius 1 is 1.24 bits per heavy atom. The summed E-state index contributed by atoms with van der Waals surface area (Å²) in [6, 6.07) is 8.20. The van der Waals surface area contributed by atoms with Gasteiger partial charge in [-0.25, -0.2) is 8.42 Å². The number of aromatic nitrogens is 1. The summed E-state index contributed by atoms with van der Waals surface area (Å²) in [6.07, 6.45) is 6.47. The molecule has 1 fully saturated rings. The van der Waals surface area contributed by atoms with Gasteiger partial charge in [-0.3, -0.25) is 9.59 Å². The van der Waals surface area contributed by atoms with Gasteiger partial charge in [0.1, 0.15) is 12.4 Å². The number of likely N-dealkylation sites (tertiary alicyclic amines) is 1. The van der Waals surface area contributed by atoms with Gasteiger partial charge >= 0.3 is 0 Å². The van der Waals surface area contributed by atoms with Crippen molar-refractivity contribution in [3.05, 3.63) is 48.8 Å². The number of hydrogen-bond donors (Lipinski definition) is 3. The van der Waals surface area contributed by atoms with E-state index in [-0.39, 0.29) is 29.0 Å². The molecule has 2 atom stereocenters. The van der Waals surface area contributed by atoms with Crippen LogP contribution in [-0.4, -0.2) is 61.1 Å². The Morgan fingerprint density at radius 2 is 1.97 bits per heavy atom. The summed E-state index contributed by atoms with van der Waals surface area (Å²) in [5.74, 6) is 4.72. The second-order valence-electron chi connectivity index (χ2n) is 8.74. The van der Waals surface area contributed by atoms with Crippen LogP contribution in [0.2, 0.25) is 0 Å². The number of anilines is 1. The van der Waals surface area contributed by atoms with E-state index in [4.69, 9.17) is 5.84 Å². The van der Waals surface area contributed by atoms with Crippen molar-refractivity contribution in [3.63, 3.8) is 0 Å². The number of nitrogens with two attached hydrogens (primary N) is 1. The maximum absolute atomic E-state index is 13.5. The van der Waals surface area contributed by atoms with Gasteiger partial charge in [-0.1, -0.05) is 32.0 Å². The molecule has 10 nitrogen and oxygen atoms in total. The van der Waals surface area contributed by atoms with Gasteiger partial charge in [0, 0.05) is 18.9 Å². The first-order valence-electron chi connectivity index (χ1n) is 11.3. The summed E-state index contributed by atoms with van der Waals surface area (Å²) < 4.78 is 30.0. The fourth-order valence-corrected chi connectivity index (χ4v) is 5.29. The molecule has 0 aliphatic carbocycles. The Balaban J connectivity index is 1.70. The second-order valence-corrected chi connectivity index (χ2v) is 10.5. The third-order valence-corrected chi connectivity index (χ3v) is 7.13. The van der Waals surface area contributed by atoms with Gasteiger partial charge in [0.05, 0.1) is 23.2 Å². The Bertz CT molecular complexity index is 1110. The Hall–Kier alpha value is -3.18. The number of carbonyl (C=O) groups is 2. The van der Waals surface area contributed by atoms with Gasteiger partial charge in [0.25, 0.3) is 0 Å². The quantitative estimate of drug-likeness (QED) is 0.190. The number of amides is 1. The molecule has 3 rings (SSSR count). The molecule has 184 valence electrons. The van der Waals surface area contributed by atoms with Gasteiger partial charge in [0.15, 0.2) is 5.78 Å². The summed E-state index contributed by atoms with van der Waals surface area (Å²) in [5.41, 5.74) is 0.720. The number of hydrogen-bond acceptors (Lipinski definition) is 7. The van der Waals surface area contributed by atoms with Crippen molar-refractivity contribution < 1.29 is 18.0 Å². The zero-order valence-electron chi connectivity index (χ0n) is 19.4. The number of Topliss-reactive ketones (excluding diaryl/α,β-unsaturated/α-hetero) is 1. The van der Waals surface area contributed by atoms with Crippen LogP contribution >= 0.6 is 0 Å². The van der Waals surface area contributed by atoms with Crippen LogP contribution in [0, 0.1) is 5.92 Å². The first kappa shape index (κ1) is 25.4. The number of benzene rings is 1. The van der Waals surface area contributed by atoms with E-state index in [0.717, 1.165) is 5.69 Å². The normalized spacial score (nSPS) is 17.4. The lowest BCUT2D eigenvalue weighted by Gasteiger charge is -2.29. The minimum atomic E-state index is -3.88. The van der Waals surface area contributed by atoms with Crippen LogP contribution < -0.4 is 15.9 Å². The number of nitrogens with one attached hydrogen (secondary N) is 2. The molecule has 1 aliphatic heterocycles. The van der Waals surface area contributed by atoms with E-state index in [1.807, 2.05) is 13.8 Å². The molecule has 1 aromatic heterocycles. The maximum Gasteiger partial charge on any atom is 0.241 e. The highest BCUT2D eigenvalue weighted by atomic mass is 32.2. The smallest absolute Gasteiger partial charge is 0.241 e. The topological polar surface area (TPSA) is 139 Å². The third-order valence-electron chi connectivity index (χ3n) is 5.64. The van der Waals surface area contributed by atoms with Gasteiger partial charge in [-0.15, -0.1) is 0 Å². The van der Waals surface area contributed by atoms with Crippen LogP contribution in [-0.2, 0) is 19.6 Å². The van der Waals surface area contributed by atoms with E-state index in [2.05, 4.69) is 15.1 Å². The third kappa shape index (κ3) is 6.45. The molecule has 0 spiro atoms. The van der Waals surface area contributed by atoms with Gasteiger partial charge in [-0.05, 0) is 43.4 Å². The lowest BCUT2D eigenvalue weighted by Crippen LogP contribution is -2.52. The standard InChI is InChI=1S/C23H32N6O4S/c1-17(2)13-20(27-34(32,33)19-7-4-3-5-8-19)23(31)29-11-6-9-21(29)22(30)14-25-18-10-12-28(15-18)16-26-24/h3-5,7-8,10,12,15-17,20-21,25,27H,6,9,11,13-14,24H2,1-2H3/t20-,21+/m1/s1. The van der Waals surface area contributed by atoms with Crippen LogP contribution in [0.15, 0.2) is 58.8 Å². The van der Waals surface area contributed by atoms with Crippen molar-refractivity contribution in [2.75, 3.05) is 18.4 Å². The first-order valence-corrected chi connectivity index (χ1v) is 12.7. The Labute approximate surface area is 200 Å². The van der Waals surface area contributed by atoms with Crippen LogP contribution in [0.25, 0.3) is 0 Å². The number of carbonyl (C=O) groups excluding carboxylic acids is 2. The molecule has 2 aromatic rings. The first-order chi connectivity index (χ1) is 16.2. The van der Waals surface area contributed by atoms with Crippen LogP contribution in [0.4, 0.5) is 5.69 Å². The van der Waals surface area contributed by atoms with Gasteiger partial charge < -0.3 is 20.6 Å². The average molecular weight is 489 g/mol. The Kier molecular flexibility index (Phi) is 8.46. The van der Waals surface area contributed by atoms with Crippen molar-refractivity contribution in [1.29, 1.82) is 0 Å². The monoisotopic (exact) mass is 488 g/mol. The lowest BCUT2D eigenvalue weighted by molar-refractivity contribution is -0.138. The molecule has 0 saturated carbocycles. The van der Waals surface area contributed by atoms with Crippen LogP contribution in [0.5, 0.6) is 0 Å².